The molecule has 6 nitrogen and oxygen atoms in total. The van der Waals surface area contributed by atoms with Crippen LogP contribution in [0.1, 0.15) is 12.0 Å². The predicted octanol–water partition coefficient (Wildman–Crippen LogP) is 1.09. The molecule has 0 aromatic heterocycles. The zero-order valence-electron chi connectivity index (χ0n) is 10.3. The third-order valence-corrected chi connectivity index (χ3v) is 2.36. The fraction of sp³-hybridized carbons (Fsp3) is 0.333. The van der Waals surface area contributed by atoms with Gasteiger partial charge in [0.2, 0.25) is 0 Å². The summed E-state index contributed by atoms with van der Waals surface area (Å²) >= 11 is 0. The minimum atomic E-state index is -1.53. The van der Waals surface area contributed by atoms with E-state index in [0.29, 0.717) is 0 Å². The van der Waals surface area contributed by atoms with Crippen molar-refractivity contribution in [3.63, 3.8) is 0 Å². The van der Waals surface area contributed by atoms with Crippen molar-refractivity contribution >= 4 is 17.7 Å². The highest BCUT2D eigenvalue weighted by Crippen LogP contribution is 2.14. The molecule has 0 bridgehead atoms. The number of aliphatic hydroxyl groups is 1. The third kappa shape index (κ3) is 4.92. The first-order valence-corrected chi connectivity index (χ1v) is 5.62. The van der Waals surface area contributed by atoms with Gasteiger partial charge in [-0.3, -0.25) is 0 Å². The van der Waals surface area contributed by atoms with Crippen molar-refractivity contribution in [1.29, 1.82) is 0 Å². The minimum Gasteiger partial charge on any atom is -0.479 e. The third-order valence-electron chi connectivity index (χ3n) is 2.36. The molecule has 1 rings (SSSR count). The lowest BCUT2D eigenvalue weighted by Crippen LogP contribution is -2.33. The summed E-state index contributed by atoms with van der Waals surface area (Å²) in [5, 5.41) is 22.0. The van der Waals surface area contributed by atoms with Gasteiger partial charge in [0.15, 0.2) is 6.10 Å². The Morgan fingerprint density at radius 2 is 2.11 bits per heavy atom. The largest absolute Gasteiger partial charge is 0.479 e. The Morgan fingerprint density at radius 1 is 1.42 bits per heavy atom. The molecule has 0 spiro atoms. The Kier molecular flexibility index (Phi) is 5.25. The fourth-order valence-corrected chi connectivity index (χ4v) is 1.33. The van der Waals surface area contributed by atoms with Crippen molar-refractivity contribution in [3.05, 3.63) is 29.6 Å². The number of carbonyl (C=O) groups is 2. The number of urea groups is 1. The van der Waals surface area contributed by atoms with Crippen molar-refractivity contribution in [2.24, 2.45) is 0 Å². The van der Waals surface area contributed by atoms with Crippen molar-refractivity contribution in [1.82, 2.24) is 5.32 Å². The van der Waals surface area contributed by atoms with Crippen molar-refractivity contribution in [3.8, 4) is 0 Å². The summed E-state index contributed by atoms with van der Waals surface area (Å²) in [6.07, 6.45) is -1.66. The zero-order chi connectivity index (χ0) is 14.4. The van der Waals surface area contributed by atoms with E-state index in [1.54, 1.807) is 13.0 Å². The van der Waals surface area contributed by atoms with Gasteiger partial charge >= 0.3 is 12.0 Å². The quantitative estimate of drug-likeness (QED) is 0.643. The van der Waals surface area contributed by atoms with Crippen LogP contribution < -0.4 is 10.6 Å². The molecular formula is C12H15FN2O4. The number of rotatable bonds is 5. The van der Waals surface area contributed by atoms with Gasteiger partial charge in [0, 0.05) is 13.0 Å². The number of carboxylic acid groups (broad SMARTS) is 1. The van der Waals surface area contributed by atoms with Gasteiger partial charge in [-0.05, 0) is 24.6 Å². The number of benzene rings is 1. The molecule has 0 radical (unpaired) electrons. The first kappa shape index (κ1) is 14.9. The van der Waals surface area contributed by atoms with E-state index >= 15 is 0 Å². The molecule has 0 aliphatic carbocycles. The van der Waals surface area contributed by atoms with Crippen LogP contribution in [-0.2, 0) is 4.79 Å². The van der Waals surface area contributed by atoms with Gasteiger partial charge in [-0.15, -0.1) is 0 Å². The van der Waals surface area contributed by atoms with E-state index in [-0.39, 0.29) is 18.7 Å². The van der Waals surface area contributed by atoms with Gasteiger partial charge in [-0.2, -0.15) is 0 Å². The fourth-order valence-electron chi connectivity index (χ4n) is 1.33. The number of aliphatic carboxylic acids is 1. The summed E-state index contributed by atoms with van der Waals surface area (Å²) in [5.74, 6) is -1.91. The van der Waals surface area contributed by atoms with E-state index in [1.165, 1.54) is 12.1 Å². The molecule has 2 amide bonds. The maximum absolute atomic E-state index is 13.4. The first-order valence-electron chi connectivity index (χ1n) is 5.62. The molecule has 1 atom stereocenters. The summed E-state index contributed by atoms with van der Waals surface area (Å²) in [6.45, 7) is 1.69. The average Bonchev–Trinajstić information content (AvgIpc) is 2.32. The summed E-state index contributed by atoms with van der Waals surface area (Å²) in [6, 6.07) is 3.69. The smallest absolute Gasteiger partial charge is 0.332 e. The normalized spacial score (nSPS) is 11.7. The molecule has 0 fully saturated rings. The lowest BCUT2D eigenvalue weighted by Gasteiger charge is -2.09. The van der Waals surface area contributed by atoms with Crippen LogP contribution >= 0.6 is 0 Å². The SMILES string of the molecule is Cc1ccc(NC(=O)NCC[C@H](O)C(=O)O)c(F)c1. The Morgan fingerprint density at radius 3 is 2.68 bits per heavy atom. The van der Waals surface area contributed by atoms with Crippen LogP contribution in [0.15, 0.2) is 18.2 Å². The lowest BCUT2D eigenvalue weighted by molar-refractivity contribution is -0.146. The van der Waals surface area contributed by atoms with Gasteiger partial charge in [0.05, 0.1) is 5.69 Å². The van der Waals surface area contributed by atoms with Crippen LogP contribution in [-0.4, -0.2) is 34.9 Å². The summed E-state index contributed by atoms with van der Waals surface area (Å²) < 4.78 is 13.4. The maximum Gasteiger partial charge on any atom is 0.332 e. The molecule has 0 saturated carbocycles. The highest BCUT2D eigenvalue weighted by atomic mass is 19.1. The Balaban J connectivity index is 2.41. The number of nitrogens with one attached hydrogen (secondary N) is 2. The number of halogens is 1. The monoisotopic (exact) mass is 270 g/mol. The highest BCUT2D eigenvalue weighted by Gasteiger charge is 2.13. The second-order valence-corrected chi connectivity index (χ2v) is 4.01. The van der Waals surface area contributed by atoms with E-state index in [4.69, 9.17) is 10.2 Å². The average molecular weight is 270 g/mol. The Hall–Kier alpha value is -2.15. The second kappa shape index (κ2) is 6.69. The minimum absolute atomic E-state index is 0.0295. The summed E-state index contributed by atoms with van der Waals surface area (Å²) in [4.78, 5) is 21.7. The molecule has 19 heavy (non-hydrogen) atoms. The van der Waals surface area contributed by atoms with Crippen molar-refractivity contribution in [2.75, 3.05) is 11.9 Å². The van der Waals surface area contributed by atoms with Crippen LogP contribution in [0.25, 0.3) is 0 Å². The number of amides is 2. The van der Waals surface area contributed by atoms with Crippen molar-refractivity contribution < 1.29 is 24.2 Å². The van der Waals surface area contributed by atoms with E-state index in [1.807, 2.05) is 0 Å². The summed E-state index contributed by atoms with van der Waals surface area (Å²) in [7, 11) is 0. The number of anilines is 1. The van der Waals surface area contributed by atoms with Gasteiger partial charge in [0.1, 0.15) is 5.82 Å². The first-order chi connectivity index (χ1) is 8.90. The summed E-state index contributed by atoms with van der Waals surface area (Å²) in [5.41, 5.74) is 0.759. The number of carboxylic acids is 1. The number of aryl methyl sites for hydroxylation is 1. The molecule has 0 aliphatic rings. The van der Waals surface area contributed by atoms with Gasteiger partial charge in [-0.1, -0.05) is 6.07 Å². The van der Waals surface area contributed by atoms with Crippen LogP contribution in [0.4, 0.5) is 14.9 Å². The molecule has 1 aromatic carbocycles. The van der Waals surface area contributed by atoms with E-state index < -0.39 is 23.9 Å². The molecule has 0 saturated heterocycles. The lowest BCUT2D eigenvalue weighted by atomic mass is 10.2. The highest BCUT2D eigenvalue weighted by molar-refractivity contribution is 5.89. The number of carbonyl (C=O) groups excluding carboxylic acids is 1. The molecule has 1 aromatic rings. The van der Waals surface area contributed by atoms with Crippen molar-refractivity contribution in [2.45, 2.75) is 19.4 Å². The van der Waals surface area contributed by atoms with Crippen LogP contribution in [0, 0.1) is 12.7 Å². The maximum atomic E-state index is 13.4. The number of hydrogen-bond acceptors (Lipinski definition) is 3. The molecule has 0 aliphatic heterocycles. The van der Waals surface area contributed by atoms with E-state index in [0.717, 1.165) is 5.56 Å². The Bertz CT molecular complexity index is 479. The Labute approximate surface area is 109 Å². The topological polar surface area (TPSA) is 98.7 Å². The van der Waals surface area contributed by atoms with Gasteiger partial charge in [0.25, 0.3) is 0 Å². The molecule has 104 valence electrons. The van der Waals surface area contributed by atoms with Crippen LogP contribution in [0.2, 0.25) is 0 Å². The number of hydrogen-bond donors (Lipinski definition) is 4. The molecular weight excluding hydrogens is 255 g/mol. The van der Waals surface area contributed by atoms with Crippen LogP contribution in [0.5, 0.6) is 0 Å². The second-order valence-electron chi connectivity index (χ2n) is 4.01. The van der Waals surface area contributed by atoms with E-state index in [2.05, 4.69) is 10.6 Å². The standard InChI is InChI=1S/C12H15FN2O4/c1-7-2-3-9(8(13)6-7)15-12(19)14-5-4-10(16)11(17)18/h2-3,6,10,16H,4-5H2,1H3,(H,17,18)(H2,14,15,19)/t10-/m0/s1. The predicted molar refractivity (Wildman–Crippen MR) is 66.4 cm³/mol. The van der Waals surface area contributed by atoms with Gasteiger partial charge < -0.3 is 20.8 Å². The van der Waals surface area contributed by atoms with Gasteiger partial charge in [-0.25, -0.2) is 14.0 Å². The molecule has 7 heteroatoms. The molecule has 4 N–H and O–H groups in total. The molecule has 0 heterocycles. The zero-order valence-corrected chi connectivity index (χ0v) is 10.3. The molecule has 0 unspecified atom stereocenters. The number of aliphatic hydroxyl groups excluding tert-OH is 1. The van der Waals surface area contributed by atoms with E-state index in [9.17, 15) is 14.0 Å². The van der Waals surface area contributed by atoms with Crippen LogP contribution in [0.3, 0.4) is 0 Å².